The van der Waals surface area contributed by atoms with Gasteiger partial charge in [0.2, 0.25) is 0 Å². The van der Waals surface area contributed by atoms with E-state index in [2.05, 4.69) is 25.9 Å². The second-order valence-electron chi connectivity index (χ2n) is 6.00. The van der Waals surface area contributed by atoms with Gasteiger partial charge in [0.15, 0.2) is 5.69 Å². The van der Waals surface area contributed by atoms with Crippen LogP contribution in [0.25, 0.3) is 0 Å². The first kappa shape index (κ1) is 20.2. The van der Waals surface area contributed by atoms with Gasteiger partial charge in [-0.15, -0.1) is 0 Å². The van der Waals surface area contributed by atoms with Crippen molar-refractivity contribution in [2.75, 3.05) is 17.7 Å². The molecule has 1 aromatic heterocycles. The molecule has 30 heavy (non-hydrogen) atoms. The number of nitriles is 1. The van der Waals surface area contributed by atoms with Crippen LogP contribution in [0, 0.1) is 17.1 Å². The highest BCUT2D eigenvalue weighted by Crippen LogP contribution is 2.17. The van der Waals surface area contributed by atoms with E-state index in [-0.39, 0.29) is 22.5 Å². The van der Waals surface area contributed by atoms with Crippen LogP contribution < -0.4 is 16.0 Å². The largest absolute Gasteiger partial charge is 0.354 e. The van der Waals surface area contributed by atoms with E-state index >= 15 is 0 Å². The first-order valence-electron chi connectivity index (χ1n) is 8.60. The Bertz CT molecular complexity index is 1160. The van der Waals surface area contributed by atoms with E-state index in [4.69, 9.17) is 5.26 Å². The molecule has 3 rings (SSSR count). The summed E-state index contributed by atoms with van der Waals surface area (Å²) in [5, 5.41) is 16.4. The van der Waals surface area contributed by atoms with E-state index < -0.39 is 23.5 Å². The molecule has 4 N–H and O–H groups in total. The minimum absolute atomic E-state index is 0.0282. The number of carbonyl (C=O) groups is 3. The highest BCUT2D eigenvalue weighted by molar-refractivity contribution is 6.10. The predicted octanol–water partition coefficient (Wildman–Crippen LogP) is 2.28. The third-order valence-corrected chi connectivity index (χ3v) is 4.05. The molecule has 0 saturated carbocycles. The first-order chi connectivity index (χ1) is 14.4. The molecular formula is C20H15FN6O3. The van der Waals surface area contributed by atoms with Crippen molar-refractivity contribution >= 4 is 29.1 Å². The number of carbonyl (C=O) groups excluding carboxylic acids is 3. The van der Waals surface area contributed by atoms with Crippen molar-refractivity contribution in [2.24, 2.45) is 0 Å². The monoisotopic (exact) mass is 406 g/mol. The molecule has 1 heterocycles. The molecule has 0 spiro atoms. The summed E-state index contributed by atoms with van der Waals surface area (Å²) >= 11 is 0. The number of hydrogen-bond acceptors (Lipinski definition) is 5. The second-order valence-corrected chi connectivity index (χ2v) is 6.00. The first-order valence-corrected chi connectivity index (χ1v) is 8.60. The number of imidazole rings is 1. The summed E-state index contributed by atoms with van der Waals surface area (Å²) in [6.07, 6.45) is 1.23. The molecule has 150 valence electrons. The zero-order valence-corrected chi connectivity index (χ0v) is 15.6. The Labute approximate surface area is 169 Å². The third kappa shape index (κ3) is 4.31. The molecule has 10 heteroatoms. The average molecular weight is 406 g/mol. The summed E-state index contributed by atoms with van der Waals surface area (Å²) in [5.74, 6) is -2.54. The fraction of sp³-hybridized carbons (Fsp3) is 0.0500. The fourth-order valence-corrected chi connectivity index (χ4v) is 2.56. The number of benzene rings is 2. The molecular weight excluding hydrogens is 391 g/mol. The van der Waals surface area contributed by atoms with Crippen LogP contribution in [0.5, 0.6) is 0 Å². The lowest BCUT2D eigenvalue weighted by Gasteiger charge is -2.09. The quantitative estimate of drug-likeness (QED) is 0.515. The van der Waals surface area contributed by atoms with Crippen molar-refractivity contribution in [2.45, 2.75) is 0 Å². The Balaban J connectivity index is 1.69. The standard InChI is InChI=1S/C20H15FN6O3/c1-23-19(29)16-17(25-10-24-16)20(30)27-13-5-3-12(4-6-13)26-18(28)14-8-11(9-22)2-7-15(14)21/h2-8,10H,1H3,(H,23,29)(H,24,25)(H,26,28)(H,27,30). The van der Waals surface area contributed by atoms with Crippen LogP contribution in [-0.2, 0) is 0 Å². The lowest BCUT2D eigenvalue weighted by Crippen LogP contribution is -2.23. The van der Waals surface area contributed by atoms with Gasteiger partial charge < -0.3 is 20.9 Å². The summed E-state index contributed by atoms with van der Waals surface area (Å²) in [6, 6.07) is 11.4. The molecule has 0 aliphatic rings. The SMILES string of the molecule is CNC(=O)c1[nH]cnc1C(=O)Nc1ccc(NC(=O)c2cc(C#N)ccc2F)cc1. The minimum Gasteiger partial charge on any atom is -0.354 e. The third-order valence-electron chi connectivity index (χ3n) is 4.05. The van der Waals surface area contributed by atoms with Crippen LogP contribution >= 0.6 is 0 Å². The van der Waals surface area contributed by atoms with Gasteiger partial charge in [-0.3, -0.25) is 14.4 Å². The smallest absolute Gasteiger partial charge is 0.276 e. The normalized spacial score (nSPS) is 10.0. The van der Waals surface area contributed by atoms with Gasteiger partial charge in [-0.1, -0.05) is 0 Å². The molecule has 0 atom stereocenters. The van der Waals surface area contributed by atoms with E-state index in [1.165, 1.54) is 43.7 Å². The highest BCUT2D eigenvalue weighted by atomic mass is 19.1. The zero-order chi connectivity index (χ0) is 21.7. The van der Waals surface area contributed by atoms with Crippen molar-refractivity contribution in [1.29, 1.82) is 5.26 Å². The van der Waals surface area contributed by atoms with Gasteiger partial charge >= 0.3 is 0 Å². The van der Waals surface area contributed by atoms with E-state index in [1.807, 2.05) is 6.07 Å². The summed E-state index contributed by atoms with van der Waals surface area (Å²) in [7, 11) is 1.43. The topological polar surface area (TPSA) is 140 Å². The number of halogens is 1. The maximum atomic E-state index is 13.9. The molecule has 0 aliphatic carbocycles. The molecule has 0 fully saturated rings. The number of hydrogen-bond donors (Lipinski definition) is 4. The summed E-state index contributed by atoms with van der Waals surface area (Å²) in [5.41, 5.74) is 0.605. The highest BCUT2D eigenvalue weighted by Gasteiger charge is 2.19. The number of aromatic amines is 1. The molecule has 0 radical (unpaired) electrons. The Kier molecular flexibility index (Phi) is 5.84. The van der Waals surface area contributed by atoms with Crippen molar-refractivity contribution < 1.29 is 18.8 Å². The van der Waals surface area contributed by atoms with Gasteiger partial charge in [-0.2, -0.15) is 5.26 Å². The van der Waals surface area contributed by atoms with Crippen molar-refractivity contribution in [1.82, 2.24) is 15.3 Å². The molecule has 3 aromatic rings. The van der Waals surface area contributed by atoms with Gasteiger partial charge in [-0.25, -0.2) is 9.37 Å². The van der Waals surface area contributed by atoms with E-state index in [0.29, 0.717) is 11.4 Å². The number of aromatic nitrogens is 2. The molecule has 0 bridgehead atoms. The summed E-state index contributed by atoms with van der Waals surface area (Å²) < 4.78 is 13.9. The number of anilines is 2. The van der Waals surface area contributed by atoms with Crippen LogP contribution in [0.2, 0.25) is 0 Å². The lowest BCUT2D eigenvalue weighted by molar-refractivity contribution is 0.0943. The van der Waals surface area contributed by atoms with E-state index in [0.717, 1.165) is 12.1 Å². The number of nitrogens with zero attached hydrogens (tertiary/aromatic N) is 2. The van der Waals surface area contributed by atoms with Gasteiger partial charge in [0.05, 0.1) is 23.5 Å². The summed E-state index contributed by atoms with van der Waals surface area (Å²) in [4.78, 5) is 42.8. The number of amides is 3. The second kappa shape index (κ2) is 8.66. The number of nitrogens with one attached hydrogen (secondary N) is 4. The van der Waals surface area contributed by atoms with E-state index in [1.54, 1.807) is 0 Å². The molecule has 0 aliphatic heterocycles. The van der Waals surface area contributed by atoms with Crippen LogP contribution in [0.1, 0.15) is 36.9 Å². The van der Waals surface area contributed by atoms with E-state index in [9.17, 15) is 18.8 Å². The maximum Gasteiger partial charge on any atom is 0.276 e. The minimum atomic E-state index is -0.749. The van der Waals surface area contributed by atoms with Crippen LogP contribution in [0.3, 0.4) is 0 Å². The van der Waals surface area contributed by atoms with Gasteiger partial charge in [0.1, 0.15) is 11.5 Å². The van der Waals surface area contributed by atoms with Gasteiger partial charge in [0, 0.05) is 18.4 Å². The molecule has 0 saturated heterocycles. The fourth-order valence-electron chi connectivity index (χ4n) is 2.56. The molecule has 3 amide bonds. The van der Waals surface area contributed by atoms with Gasteiger partial charge in [0.25, 0.3) is 17.7 Å². The molecule has 2 aromatic carbocycles. The van der Waals surface area contributed by atoms with Crippen molar-refractivity contribution in [3.8, 4) is 6.07 Å². The zero-order valence-electron chi connectivity index (χ0n) is 15.6. The average Bonchev–Trinajstić information content (AvgIpc) is 3.25. The Morgan fingerprint density at radius 2 is 1.63 bits per heavy atom. The van der Waals surface area contributed by atoms with Crippen molar-refractivity contribution in [3.63, 3.8) is 0 Å². The Morgan fingerprint density at radius 1 is 1.00 bits per heavy atom. The van der Waals surface area contributed by atoms with Crippen LogP contribution in [0.4, 0.5) is 15.8 Å². The number of H-pyrrole nitrogens is 1. The Morgan fingerprint density at radius 3 is 2.23 bits per heavy atom. The predicted molar refractivity (Wildman–Crippen MR) is 105 cm³/mol. The van der Waals surface area contributed by atoms with Crippen molar-refractivity contribution in [3.05, 3.63) is 77.1 Å². The van der Waals surface area contributed by atoms with Gasteiger partial charge in [-0.05, 0) is 42.5 Å². The number of rotatable bonds is 5. The molecule has 0 unspecified atom stereocenters. The molecule has 9 nitrogen and oxygen atoms in total. The summed E-state index contributed by atoms with van der Waals surface area (Å²) in [6.45, 7) is 0. The Hall–Kier alpha value is -4.52. The lowest BCUT2D eigenvalue weighted by atomic mass is 10.1. The van der Waals surface area contributed by atoms with Crippen LogP contribution in [0.15, 0.2) is 48.8 Å². The maximum absolute atomic E-state index is 13.9. The van der Waals surface area contributed by atoms with Crippen LogP contribution in [-0.4, -0.2) is 34.7 Å².